The van der Waals surface area contributed by atoms with Crippen molar-refractivity contribution in [3.8, 4) is 0 Å². The number of rotatable bonds is 3. The first kappa shape index (κ1) is 8.24. The highest BCUT2D eigenvalue weighted by Gasteiger charge is 2.20. The molecule has 1 aliphatic rings. The summed E-state index contributed by atoms with van der Waals surface area (Å²) in [6.45, 7) is 6.98. The zero-order valence-corrected chi connectivity index (χ0v) is 7.82. The molecule has 58 valence electrons. The molecular formula is C7H13BrN2. The van der Waals surface area contributed by atoms with Crippen molar-refractivity contribution in [2.45, 2.75) is 6.04 Å². The van der Waals surface area contributed by atoms with Crippen LogP contribution >= 0.6 is 15.9 Å². The summed E-state index contributed by atoms with van der Waals surface area (Å²) in [5, 5.41) is 3.23. The van der Waals surface area contributed by atoms with Crippen molar-refractivity contribution >= 4 is 15.9 Å². The lowest BCUT2D eigenvalue weighted by Gasteiger charge is -2.35. The summed E-state index contributed by atoms with van der Waals surface area (Å²) in [5.74, 6) is 0. The highest BCUT2D eigenvalue weighted by Crippen LogP contribution is 2.07. The van der Waals surface area contributed by atoms with E-state index in [1.54, 1.807) is 0 Å². The quantitative estimate of drug-likeness (QED) is 0.733. The molecule has 0 atom stereocenters. The third-order valence-corrected chi connectivity index (χ3v) is 2.06. The van der Waals surface area contributed by atoms with Crippen LogP contribution in [0, 0.1) is 0 Å². The molecule has 1 fully saturated rings. The molecule has 0 aromatic carbocycles. The number of hydrogen-bond acceptors (Lipinski definition) is 2. The van der Waals surface area contributed by atoms with Crippen LogP contribution in [-0.4, -0.2) is 37.6 Å². The lowest BCUT2D eigenvalue weighted by Crippen LogP contribution is -2.56. The maximum absolute atomic E-state index is 3.79. The van der Waals surface area contributed by atoms with Gasteiger partial charge in [-0.3, -0.25) is 4.90 Å². The summed E-state index contributed by atoms with van der Waals surface area (Å²) in [7, 11) is 2.12. The first-order valence-electron chi connectivity index (χ1n) is 3.44. The standard InChI is InChI=1S/C7H13BrN2/c1-6(8)5-10(2)7-3-9-4-7/h7,9H,1,3-5H2,2H3. The van der Waals surface area contributed by atoms with E-state index in [9.17, 15) is 0 Å². The van der Waals surface area contributed by atoms with Gasteiger partial charge in [-0.2, -0.15) is 0 Å². The van der Waals surface area contributed by atoms with E-state index in [1.807, 2.05) is 0 Å². The van der Waals surface area contributed by atoms with Crippen molar-refractivity contribution in [1.29, 1.82) is 0 Å². The van der Waals surface area contributed by atoms with Crippen LogP contribution in [0.15, 0.2) is 11.1 Å². The predicted molar refractivity (Wildman–Crippen MR) is 47.4 cm³/mol. The molecule has 2 nitrogen and oxygen atoms in total. The van der Waals surface area contributed by atoms with Gasteiger partial charge in [0, 0.05) is 30.2 Å². The highest BCUT2D eigenvalue weighted by molar-refractivity contribution is 9.11. The molecule has 3 heteroatoms. The zero-order valence-electron chi connectivity index (χ0n) is 6.23. The molecule has 1 N–H and O–H groups in total. The van der Waals surface area contributed by atoms with Gasteiger partial charge in [-0.15, -0.1) is 0 Å². The van der Waals surface area contributed by atoms with Crippen molar-refractivity contribution in [2.75, 3.05) is 26.7 Å². The van der Waals surface area contributed by atoms with Gasteiger partial charge in [0.2, 0.25) is 0 Å². The maximum Gasteiger partial charge on any atom is 0.0346 e. The van der Waals surface area contributed by atoms with Crippen LogP contribution in [0.2, 0.25) is 0 Å². The minimum absolute atomic E-state index is 0.717. The highest BCUT2D eigenvalue weighted by atomic mass is 79.9. The third kappa shape index (κ3) is 2.08. The smallest absolute Gasteiger partial charge is 0.0346 e. The van der Waals surface area contributed by atoms with Crippen LogP contribution in [0.5, 0.6) is 0 Å². The molecule has 0 radical (unpaired) electrons. The van der Waals surface area contributed by atoms with E-state index in [-0.39, 0.29) is 0 Å². The van der Waals surface area contributed by atoms with E-state index < -0.39 is 0 Å². The molecule has 10 heavy (non-hydrogen) atoms. The summed E-state index contributed by atoms with van der Waals surface area (Å²) in [5.41, 5.74) is 0. The van der Waals surface area contributed by atoms with E-state index in [0.717, 1.165) is 24.1 Å². The Bertz CT molecular complexity index is 132. The van der Waals surface area contributed by atoms with Gasteiger partial charge >= 0.3 is 0 Å². The van der Waals surface area contributed by atoms with Gasteiger partial charge in [0.25, 0.3) is 0 Å². The Labute approximate surface area is 70.4 Å². The molecule has 1 heterocycles. The van der Waals surface area contributed by atoms with Crippen molar-refractivity contribution < 1.29 is 0 Å². The van der Waals surface area contributed by atoms with E-state index in [0.29, 0.717) is 6.04 Å². The molecule has 0 spiro atoms. The van der Waals surface area contributed by atoms with Crippen LogP contribution in [-0.2, 0) is 0 Å². The average molecular weight is 205 g/mol. The number of hydrogen-bond donors (Lipinski definition) is 1. The second-order valence-corrected chi connectivity index (χ2v) is 3.87. The first-order valence-corrected chi connectivity index (χ1v) is 4.23. The van der Waals surface area contributed by atoms with Crippen molar-refractivity contribution in [2.24, 2.45) is 0 Å². The van der Waals surface area contributed by atoms with Gasteiger partial charge in [0.15, 0.2) is 0 Å². The Morgan fingerprint density at radius 3 is 2.70 bits per heavy atom. The Morgan fingerprint density at radius 2 is 2.40 bits per heavy atom. The van der Waals surface area contributed by atoms with E-state index in [1.165, 1.54) is 0 Å². The second-order valence-electron chi connectivity index (χ2n) is 2.74. The number of likely N-dealkylation sites (N-methyl/N-ethyl adjacent to an activating group) is 1. The summed E-state index contributed by atoms with van der Waals surface area (Å²) in [4.78, 5) is 2.30. The van der Waals surface area contributed by atoms with Crippen LogP contribution in [0.1, 0.15) is 0 Å². The molecule has 0 aliphatic carbocycles. The molecule has 1 saturated heterocycles. The molecule has 1 rings (SSSR count). The van der Waals surface area contributed by atoms with Crippen molar-refractivity contribution in [3.05, 3.63) is 11.1 Å². The largest absolute Gasteiger partial charge is 0.314 e. The van der Waals surface area contributed by atoms with E-state index in [4.69, 9.17) is 0 Å². The maximum atomic E-state index is 3.79. The molecule has 1 aliphatic heterocycles. The van der Waals surface area contributed by atoms with Crippen LogP contribution in [0.4, 0.5) is 0 Å². The molecule has 0 saturated carbocycles. The molecule has 0 bridgehead atoms. The molecule has 0 amide bonds. The Balaban J connectivity index is 2.19. The molecular weight excluding hydrogens is 192 g/mol. The molecule has 0 aromatic heterocycles. The van der Waals surface area contributed by atoms with Gasteiger partial charge in [-0.25, -0.2) is 0 Å². The molecule has 0 unspecified atom stereocenters. The number of nitrogens with one attached hydrogen (secondary N) is 1. The predicted octanol–water partition coefficient (Wildman–Crippen LogP) is 0.799. The monoisotopic (exact) mass is 204 g/mol. The topological polar surface area (TPSA) is 15.3 Å². The zero-order chi connectivity index (χ0) is 7.56. The Kier molecular flexibility index (Phi) is 2.89. The third-order valence-electron chi connectivity index (χ3n) is 1.80. The van der Waals surface area contributed by atoms with E-state index in [2.05, 4.69) is 39.8 Å². The van der Waals surface area contributed by atoms with Crippen molar-refractivity contribution in [1.82, 2.24) is 10.2 Å². The summed E-state index contributed by atoms with van der Waals surface area (Å²) in [6.07, 6.45) is 0. The van der Waals surface area contributed by atoms with Crippen LogP contribution < -0.4 is 5.32 Å². The fourth-order valence-electron chi connectivity index (χ4n) is 0.985. The van der Waals surface area contributed by atoms with Gasteiger partial charge in [-0.05, 0) is 7.05 Å². The molecule has 0 aromatic rings. The summed E-state index contributed by atoms with van der Waals surface area (Å²) in [6, 6.07) is 0.717. The SMILES string of the molecule is C=C(Br)CN(C)C1CNC1. The van der Waals surface area contributed by atoms with Gasteiger partial charge < -0.3 is 5.32 Å². The number of halogens is 1. The van der Waals surface area contributed by atoms with Gasteiger partial charge in [0.05, 0.1) is 0 Å². The van der Waals surface area contributed by atoms with Gasteiger partial charge in [-0.1, -0.05) is 22.5 Å². The number of nitrogens with zero attached hydrogens (tertiary/aromatic N) is 1. The lowest BCUT2D eigenvalue weighted by atomic mass is 10.1. The Morgan fingerprint density at radius 1 is 1.80 bits per heavy atom. The van der Waals surface area contributed by atoms with Crippen LogP contribution in [0.25, 0.3) is 0 Å². The van der Waals surface area contributed by atoms with Crippen molar-refractivity contribution in [3.63, 3.8) is 0 Å². The van der Waals surface area contributed by atoms with Crippen LogP contribution in [0.3, 0.4) is 0 Å². The first-order chi connectivity index (χ1) is 4.70. The second kappa shape index (κ2) is 3.51. The minimum atomic E-state index is 0.717. The fourth-order valence-corrected chi connectivity index (χ4v) is 1.38. The van der Waals surface area contributed by atoms with E-state index >= 15 is 0 Å². The normalized spacial score (nSPS) is 19.1. The minimum Gasteiger partial charge on any atom is -0.314 e. The average Bonchev–Trinajstić information content (AvgIpc) is 1.55. The lowest BCUT2D eigenvalue weighted by molar-refractivity contribution is 0.196. The summed E-state index contributed by atoms with van der Waals surface area (Å²) < 4.78 is 1.06. The Hall–Kier alpha value is 0.140. The summed E-state index contributed by atoms with van der Waals surface area (Å²) >= 11 is 3.34. The van der Waals surface area contributed by atoms with Gasteiger partial charge in [0.1, 0.15) is 0 Å². The fraction of sp³-hybridized carbons (Fsp3) is 0.714.